The lowest BCUT2D eigenvalue weighted by atomic mass is 10.1. The Morgan fingerprint density at radius 3 is 2.78 bits per heavy atom. The van der Waals surface area contributed by atoms with Crippen molar-refractivity contribution in [2.24, 2.45) is 10.7 Å². The van der Waals surface area contributed by atoms with Gasteiger partial charge in [0.05, 0.1) is 31.4 Å². The van der Waals surface area contributed by atoms with Crippen molar-refractivity contribution in [2.75, 3.05) is 25.6 Å². The third kappa shape index (κ3) is 2.52. The fourth-order valence-corrected chi connectivity index (χ4v) is 3.51. The normalized spacial score (nSPS) is 18.3. The van der Waals surface area contributed by atoms with Gasteiger partial charge in [0, 0.05) is 24.1 Å². The van der Waals surface area contributed by atoms with Crippen LogP contribution in [0, 0.1) is 0 Å². The first-order valence-electron chi connectivity index (χ1n) is 8.79. The van der Waals surface area contributed by atoms with E-state index in [1.165, 1.54) is 0 Å². The van der Waals surface area contributed by atoms with Crippen LogP contribution in [0.3, 0.4) is 0 Å². The van der Waals surface area contributed by atoms with Crippen molar-refractivity contribution in [3.05, 3.63) is 42.0 Å². The van der Waals surface area contributed by atoms with Crippen molar-refractivity contribution in [1.29, 1.82) is 0 Å². The molecule has 3 aromatic rings. The molecule has 8 nitrogen and oxygen atoms in total. The number of nitrogens with zero attached hydrogens (tertiary/aromatic N) is 3. The summed E-state index contributed by atoms with van der Waals surface area (Å²) in [6.45, 7) is 1.25. The van der Waals surface area contributed by atoms with Gasteiger partial charge in [-0.3, -0.25) is 9.88 Å². The Morgan fingerprint density at radius 2 is 1.96 bits per heavy atom. The number of para-hydroxylation sites is 1. The molecule has 0 aliphatic carbocycles. The molecular weight excluding hydrogens is 346 g/mol. The number of aromatic nitrogens is 2. The highest BCUT2D eigenvalue weighted by Gasteiger charge is 2.28. The number of nitrogens with two attached hydrogens (primary N) is 1. The Morgan fingerprint density at radius 1 is 1.19 bits per heavy atom. The molecule has 1 aromatic heterocycles. The number of methoxy groups -OCH3 is 1. The first-order valence-corrected chi connectivity index (χ1v) is 8.79. The molecule has 0 unspecified atom stereocenters. The van der Waals surface area contributed by atoms with Gasteiger partial charge in [0.1, 0.15) is 5.75 Å². The molecule has 2 aromatic carbocycles. The van der Waals surface area contributed by atoms with Crippen LogP contribution in [0.1, 0.15) is 18.2 Å². The molecule has 0 fully saturated rings. The first-order chi connectivity index (χ1) is 13.2. The minimum absolute atomic E-state index is 0.308. The van der Waals surface area contributed by atoms with Gasteiger partial charge in [-0.2, -0.15) is 0 Å². The van der Waals surface area contributed by atoms with E-state index in [1.54, 1.807) is 7.11 Å². The lowest BCUT2D eigenvalue weighted by molar-refractivity contribution is 0.297. The molecule has 8 heteroatoms. The molecule has 0 bridgehead atoms. The first kappa shape index (κ1) is 15.8. The molecule has 0 amide bonds. The van der Waals surface area contributed by atoms with E-state index in [2.05, 4.69) is 15.3 Å². The van der Waals surface area contributed by atoms with Gasteiger partial charge in [0.25, 0.3) is 0 Å². The Bertz CT molecular complexity index is 1060. The maximum atomic E-state index is 6.03. The number of imidazole rings is 1. The van der Waals surface area contributed by atoms with Gasteiger partial charge in [0.15, 0.2) is 23.6 Å². The zero-order valence-corrected chi connectivity index (χ0v) is 14.8. The number of anilines is 1. The van der Waals surface area contributed by atoms with Gasteiger partial charge in [-0.05, 0) is 6.07 Å². The fourth-order valence-electron chi connectivity index (χ4n) is 3.51. The summed E-state index contributed by atoms with van der Waals surface area (Å²) >= 11 is 0. The maximum Gasteiger partial charge on any atom is 0.212 e. The molecule has 2 aliphatic rings. The SMILES string of the molecule is COc1ccccc1[C@@H]1N=C(N)Nc2nc3cc4c(cc3n21)OCCCO4. The van der Waals surface area contributed by atoms with Crippen LogP contribution in [0.5, 0.6) is 17.2 Å². The number of benzene rings is 2. The predicted molar refractivity (Wildman–Crippen MR) is 102 cm³/mol. The molecule has 0 spiro atoms. The van der Waals surface area contributed by atoms with Crippen LogP contribution in [0.2, 0.25) is 0 Å². The Labute approximate surface area is 155 Å². The molecule has 27 heavy (non-hydrogen) atoms. The second kappa shape index (κ2) is 6.08. The summed E-state index contributed by atoms with van der Waals surface area (Å²) < 4.78 is 19.2. The topological polar surface area (TPSA) is 95.9 Å². The van der Waals surface area contributed by atoms with Crippen LogP contribution in [-0.4, -0.2) is 35.8 Å². The summed E-state index contributed by atoms with van der Waals surface area (Å²) in [6.07, 6.45) is 0.455. The highest BCUT2D eigenvalue weighted by molar-refractivity contribution is 5.95. The summed E-state index contributed by atoms with van der Waals surface area (Å²) in [5, 5.41) is 3.05. The standard InChI is InChI=1S/C19H19N5O3/c1-25-14-6-3-2-5-11(14)17-22-18(20)23-19-21-12-9-15-16(10-13(12)24(17)19)27-8-4-7-26-15/h2-3,5-6,9-10,17H,4,7-8H2,1H3,(H3,20,21,22,23)/t17-/m1/s1. The highest BCUT2D eigenvalue weighted by Crippen LogP contribution is 2.40. The van der Waals surface area contributed by atoms with E-state index in [4.69, 9.17) is 19.9 Å². The van der Waals surface area contributed by atoms with Crippen LogP contribution in [0.25, 0.3) is 11.0 Å². The van der Waals surface area contributed by atoms with E-state index >= 15 is 0 Å². The van der Waals surface area contributed by atoms with Crippen molar-refractivity contribution in [2.45, 2.75) is 12.6 Å². The van der Waals surface area contributed by atoms with Crippen molar-refractivity contribution in [3.8, 4) is 17.2 Å². The van der Waals surface area contributed by atoms with Crippen LogP contribution in [-0.2, 0) is 0 Å². The van der Waals surface area contributed by atoms with Gasteiger partial charge < -0.3 is 19.9 Å². The van der Waals surface area contributed by atoms with Crippen LogP contribution in [0.4, 0.5) is 5.95 Å². The number of fused-ring (bicyclic) bond motifs is 4. The largest absolute Gasteiger partial charge is 0.496 e. The molecule has 138 valence electrons. The summed E-state index contributed by atoms with van der Waals surface area (Å²) in [5.74, 6) is 3.08. The molecular formula is C19H19N5O3. The van der Waals surface area contributed by atoms with Crippen molar-refractivity contribution in [3.63, 3.8) is 0 Å². The quantitative estimate of drug-likeness (QED) is 0.724. The number of guanidine groups is 1. The molecule has 0 saturated heterocycles. The predicted octanol–water partition coefficient (Wildman–Crippen LogP) is 2.49. The van der Waals surface area contributed by atoms with E-state index in [9.17, 15) is 0 Å². The minimum atomic E-state index is -0.396. The summed E-state index contributed by atoms with van der Waals surface area (Å²) in [4.78, 5) is 9.30. The zero-order valence-electron chi connectivity index (χ0n) is 14.8. The van der Waals surface area contributed by atoms with E-state index < -0.39 is 6.17 Å². The second-order valence-electron chi connectivity index (χ2n) is 6.40. The highest BCUT2D eigenvalue weighted by atomic mass is 16.5. The van der Waals surface area contributed by atoms with Gasteiger partial charge in [-0.1, -0.05) is 18.2 Å². The molecule has 3 heterocycles. The fraction of sp³-hybridized carbons (Fsp3) is 0.263. The van der Waals surface area contributed by atoms with E-state index in [0.717, 1.165) is 28.8 Å². The maximum absolute atomic E-state index is 6.03. The van der Waals surface area contributed by atoms with Gasteiger partial charge in [-0.25, -0.2) is 9.98 Å². The van der Waals surface area contributed by atoms with Crippen LogP contribution >= 0.6 is 0 Å². The lowest BCUT2D eigenvalue weighted by Gasteiger charge is -2.25. The molecule has 0 saturated carbocycles. The van der Waals surface area contributed by atoms with E-state index in [-0.39, 0.29) is 0 Å². The number of ether oxygens (including phenoxy) is 3. The minimum Gasteiger partial charge on any atom is -0.496 e. The average Bonchev–Trinajstić information content (AvgIpc) is 2.87. The van der Waals surface area contributed by atoms with Crippen LogP contribution in [0.15, 0.2) is 41.4 Å². The zero-order chi connectivity index (χ0) is 18.4. The van der Waals surface area contributed by atoms with Gasteiger partial charge in [-0.15, -0.1) is 0 Å². The summed E-state index contributed by atoms with van der Waals surface area (Å²) in [6, 6.07) is 11.6. The van der Waals surface area contributed by atoms with E-state index in [0.29, 0.717) is 36.6 Å². The monoisotopic (exact) mass is 365 g/mol. The Kier molecular flexibility index (Phi) is 3.56. The summed E-state index contributed by atoms with van der Waals surface area (Å²) in [7, 11) is 1.64. The molecule has 5 rings (SSSR count). The third-order valence-corrected chi connectivity index (χ3v) is 4.72. The van der Waals surface area contributed by atoms with E-state index in [1.807, 2.05) is 41.0 Å². The molecule has 0 radical (unpaired) electrons. The average molecular weight is 365 g/mol. The Hall–Kier alpha value is -3.42. The molecule has 1 atom stereocenters. The number of nitrogens with one attached hydrogen (secondary N) is 1. The number of rotatable bonds is 2. The van der Waals surface area contributed by atoms with Crippen molar-refractivity contribution in [1.82, 2.24) is 9.55 Å². The van der Waals surface area contributed by atoms with Gasteiger partial charge in [0.2, 0.25) is 5.95 Å². The summed E-state index contributed by atoms with van der Waals surface area (Å²) in [5.41, 5.74) is 8.60. The lowest BCUT2D eigenvalue weighted by Crippen LogP contribution is -2.31. The second-order valence-corrected chi connectivity index (χ2v) is 6.40. The van der Waals surface area contributed by atoms with Gasteiger partial charge >= 0.3 is 0 Å². The van der Waals surface area contributed by atoms with Crippen molar-refractivity contribution >= 4 is 22.9 Å². The number of aliphatic imine (C=N–C) groups is 1. The molecule has 2 aliphatic heterocycles. The van der Waals surface area contributed by atoms with Crippen molar-refractivity contribution < 1.29 is 14.2 Å². The smallest absolute Gasteiger partial charge is 0.212 e. The van der Waals surface area contributed by atoms with Crippen LogP contribution < -0.4 is 25.3 Å². The molecule has 3 N–H and O–H groups in total. The number of hydrogen-bond donors (Lipinski definition) is 2. The number of hydrogen-bond acceptors (Lipinski definition) is 7. The Balaban J connectivity index is 1.73. The third-order valence-electron chi connectivity index (χ3n) is 4.72.